The molecule has 0 radical (unpaired) electrons. The molecule has 0 aliphatic rings. The molecule has 0 aromatic heterocycles. The summed E-state index contributed by atoms with van der Waals surface area (Å²) in [5, 5.41) is 1.27. The number of carbonyl (C=O) groups is 1. The fraction of sp³-hybridized carbons (Fsp3) is 0.357. The van der Waals surface area contributed by atoms with E-state index in [1.807, 2.05) is 25.1 Å². The molecule has 0 saturated heterocycles. The predicted molar refractivity (Wildman–Crippen MR) is 73.9 cm³/mol. The summed E-state index contributed by atoms with van der Waals surface area (Å²) in [6.45, 7) is 11.7. The molecular weight excluding hydrogens is 228 g/mol. The number of hydrogen-bond donors (Lipinski definition) is 0. The van der Waals surface area contributed by atoms with Crippen molar-refractivity contribution in [2.24, 2.45) is 0 Å². The molecule has 0 amide bonds. The van der Waals surface area contributed by atoms with Crippen molar-refractivity contribution in [1.82, 2.24) is 0 Å². The van der Waals surface area contributed by atoms with Crippen LogP contribution in [0.4, 0.5) is 0 Å². The molecule has 1 unspecified atom stereocenters. The lowest BCUT2D eigenvalue weighted by Crippen LogP contribution is -2.54. The van der Waals surface area contributed by atoms with Crippen LogP contribution in [0.2, 0.25) is 13.1 Å². The van der Waals surface area contributed by atoms with Gasteiger partial charge in [-0.05, 0) is 12.5 Å². The zero-order valence-corrected chi connectivity index (χ0v) is 12.0. The second-order valence-corrected chi connectivity index (χ2v) is 9.47. The van der Waals surface area contributed by atoms with Crippen molar-refractivity contribution in [2.75, 3.05) is 0 Å². The first-order chi connectivity index (χ1) is 7.85. The predicted octanol–water partition coefficient (Wildman–Crippen LogP) is 2.65. The van der Waals surface area contributed by atoms with E-state index in [2.05, 4.69) is 31.8 Å². The second kappa shape index (κ2) is 5.32. The van der Waals surface area contributed by atoms with E-state index < -0.39 is 8.07 Å². The van der Waals surface area contributed by atoms with Crippen molar-refractivity contribution < 1.29 is 9.53 Å². The average Bonchev–Trinajstić information content (AvgIpc) is 2.26. The maximum Gasteiger partial charge on any atom is 0.302 e. The molecule has 0 heterocycles. The van der Waals surface area contributed by atoms with Crippen molar-refractivity contribution in [2.45, 2.75) is 32.7 Å². The molecule has 1 aromatic carbocycles. The summed E-state index contributed by atoms with van der Waals surface area (Å²) >= 11 is 0. The van der Waals surface area contributed by atoms with Gasteiger partial charge in [-0.15, -0.1) is 0 Å². The van der Waals surface area contributed by atoms with Crippen molar-refractivity contribution in [3.8, 4) is 0 Å². The zero-order valence-electron chi connectivity index (χ0n) is 11.0. The van der Waals surface area contributed by atoms with Gasteiger partial charge in [0.05, 0.1) is 0 Å². The Labute approximate surface area is 104 Å². The molecule has 0 aliphatic heterocycles. The van der Waals surface area contributed by atoms with E-state index in [9.17, 15) is 4.79 Å². The fourth-order valence-electron chi connectivity index (χ4n) is 2.05. The lowest BCUT2D eigenvalue weighted by atomic mass is 10.4. The molecule has 1 rings (SSSR count). The number of ether oxygens (including phenoxy) is 1. The Hall–Kier alpha value is -1.35. The Bertz CT molecular complexity index is 409. The number of benzene rings is 1. The monoisotopic (exact) mass is 248 g/mol. The molecule has 1 aromatic rings. The molecule has 3 heteroatoms. The molecule has 0 spiro atoms. The summed E-state index contributed by atoms with van der Waals surface area (Å²) in [5.41, 5.74) is 0.753. The normalized spacial score (nSPS) is 12.9. The quantitative estimate of drug-likeness (QED) is 0.465. The van der Waals surface area contributed by atoms with Crippen LogP contribution in [-0.4, -0.2) is 19.8 Å². The zero-order chi connectivity index (χ0) is 13.1. The fourth-order valence-corrected chi connectivity index (χ4v) is 5.10. The molecule has 0 fully saturated rings. The summed E-state index contributed by atoms with van der Waals surface area (Å²) in [5.74, 6) is -0.241. The van der Waals surface area contributed by atoms with Crippen molar-refractivity contribution in [1.29, 1.82) is 0 Å². The lowest BCUT2D eigenvalue weighted by molar-refractivity contribution is -0.141. The third-order valence-electron chi connectivity index (χ3n) is 2.90. The maximum atomic E-state index is 11.2. The minimum Gasteiger partial charge on any atom is -0.462 e. The lowest BCUT2D eigenvalue weighted by Gasteiger charge is -2.32. The molecule has 1 atom stereocenters. The number of rotatable bonds is 4. The Kier molecular flexibility index (Phi) is 4.29. The highest BCUT2D eigenvalue weighted by Gasteiger charge is 2.36. The van der Waals surface area contributed by atoms with Crippen LogP contribution in [0.3, 0.4) is 0 Å². The molecule has 0 aliphatic carbocycles. The van der Waals surface area contributed by atoms with Gasteiger partial charge in [0.25, 0.3) is 0 Å². The van der Waals surface area contributed by atoms with E-state index in [0.29, 0.717) is 0 Å². The summed E-state index contributed by atoms with van der Waals surface area (Å²) in [6, 6.07) is 10.2. The first-order valence-electron chi connectivity index (χ1n) is 5.74. The molecule has 17 heavy (non-hydrogen) atoms. The highest BCUT2D eigenvalue weighted by atomic mass is 28.3. The molecule has 2 nitrogen and oxygen atoms in total. The van der Waals surface area contributed by atoms with Gasteiger partial charge in [0.2, 0.25) is 0 Å². The Balaban J connectivity index is 3.08. The number of carbonyl (C=O) groups excluding carboxylic acids is 1. The van der Waals surface area contributed by atoms with Crippen LogP contribution in [0.25, 0.3) is 0 Å². The summed E-state index contributed by atoms with van der Waals surface area (Å²) in [4.78, 5) is 11.2. The van der Waals surface area contributed by atoms with E-state index in [4.69, 9.17) is 4.74 Å². The molecule has 0 N–H and O–H groups in total. The van der Waals surface area contributed by atoms with Crippen LogP contribution in [0.1, 0.15) is 13.8 Å². The van der Waals surface area contributed by atoms with Gasteiger partial charge in [-0.2, -0.15) is 0 Å². The van der Waals surface area contributed by atoms with Gasteiger partial charge in [-0.3, -0.25) is 4.79 Å². The van der Waals surface area contributed by atoms with Gasteiger partial charge in [0, 0.05) is 6.92 Å². The highest BCUT2D eigenvalue weighted by molar-refractivity contribution is 6.91. The van der Waals surface area contributed by atoms with Gasteiger partial charge >= 0.3 is 5.97 Å². The van der Waals surface area contributed by atoms with Crippen molar-refractivity contribution in [3.63, 3.8) is 0 Å². The third kappa shape index (κ3) is 3.30. The largest absolute Gasteiger partial charge is 0.462 e. The van der Waals surface area contributed by atoms with Gasteiger partial charge in [-0.25, -0.2) is 0 Å². The van der Waals surface area contributed by atoms with Crippen LogP contribution in [0.15, 0.2) is 42.5 Å². The highest BCUT2D eigenvalue weighted by Crippen LogP contribution is 2.19. The van der Waals surface area contributed by atoms with Crippen LogP contribution in [0.5, 0.6) is 0 Å². The van der Waals surface area contributed by atoms with Crippen LogP contribution < -0.4 is 5.19 Å². The SMILES string of the molecule is C=C(C)C(OC(C)=O)[Si](C)(C)c1ccccc1. The van der Waals surface area contributed by atoms with E-state index in [-0.39, 0.29) is 11.7 Å². The molecular formula is C14H20O2Si. The molecule has 0 bridgehead atoms. The molecule has 0 saturated carbocycles. The van der Waals surface area contributed by atoms with Crippen molar-refractivity contribution >= 4 is 19.2 Å². The van der Waals surface area contributed by atoms with Gasteiger partial charge in [0.1, 0.15) is 13.8 Å². The number of hydrogen-bond acceptors (Lipinski definition) is 2. The smallest absolute Gasteiger partial charge is 0.302 e. The van der Waals surface area contributed by atoms with Gasteiger partial charge in [-0.1, -0.05) is 55.2 Å². The Morgan fingerprint density at radius 2 is 1.76 bits per heavy atom. The topological polar surface area (TPSA) is 26.3 Å². The van der Waals surface area contributed by atoms with Gasteiger partial charge in [0.15, 0.2) is 0 Å². The van der Waals surface area contributed by atoms with E-state index >= 15 is 0 Å². The Morgan fingerprint density at radius 3 is 2.18 bits per heavy atom. The van der Waals surface area contributed by atoms with E-state index in [0.717, 1.165) is 5.57 Å². The van der Waals surface area contributed by atoms with Crippen LogP contribution >= 0.6 is 0 Å². The van der Waals surface area contributed by atoms with Crippen molar-refractivity contribution in [3.05, 3.63) is 42.5 Å². The minimum absolute atomic E-state index is 0.164. The Morgan fingerprint density at radius 1 is 1.24 bits per heavy atom. The average molecular weight is 248 g/mol. The van der Waals surface area contributed by atoms with Gasteiger partial charge < -0.3 is 4.74 Å². The maximum absolute atomic E-state index is 11.2. The standard InChI is InChI=1S/C14H20O2Si/c1-11(2)14(16-12(3)15)17(4,5)13-9-7-6-8-10-13/h6-10,14H,1H2,2-5H3. The van der Waals surface area contributed by atoms with Crippen LogP contribution in [0, 0.1) is 0 Å². The minimum atomic E-state index is -1.88. The van der Waals surface area contributed by atoms with Crippen LogP contribution in [-0.2, 0) is 9.53 Å². The molecule has 92 valence electrons. The summed E-state index contributed by atoms with van der Waals surface area (Å²) in [6.07, 6.45) is 0. The third-order valence-corrected chi connectivity index (χ3v) is 6.65. The summed E-state index contributed by atoms with van der Waals surface area (Å²) < 4.78 is 5.45. The van der Waals surface area contributed by atoms with E-state index in [1.165, 1.54) is 12.1 Å². The number of esters is 1. The first kappa shape index (κ1) is 13.7. The summed E-state index contributed by atoms with van der Waals surface area (Å²) in [7, 11) is -1.88. The second-order valence-electron chi connectivity index (χ2n) is 4.92. The first-order valence-corrected chi connectivity index (χ1v) is 8.81. The van der Waals surface area contributed by atoms with E-state index in [1.54, 1.807) is 0 Å².